The fourth-order valence-corrected chi connectivity index (χ4v) is 2.20. The van der Waals surface area contributed by atoms with Crippen LogP contribution in [0.2, 0.25) is 5.02 Å². The molecule has 8 heteroatoms. The molecule has 0 unspecified atom stereocenters. The molecule has 0 bridgehead atoms. The third kappa shape index (κ3) is 3.23. The van der Waals surface area contributed by atoms with Crippen molar-refractivity contribution >= 4 is 45.0 Å². The molecular weight excluding hydrogens is 348 g/mol. The molecule has 0 saturated heterocycles. The molecule has 106 valence electrons. The molecular formula is C12H12BrClN4O2. The fraction of sp³-hybridized carbons (Fsp3) is 0.167. The quantitative estimate of drug-likeness (QED) is 0.816. The summed E-state index contributed by atoms with van der Waals surface area (Å²) in [5, 5.41) is 3.46. The van der Waals surface area contributed by atoms with Crippen molar-refractivity contribution in [1.82, 2.24) is 9.97 Å². The zero-order valence-corrected chi connectivity index (χ0v) is 13.1. The molecule has 1 aromatic heterocycles. The van der Waals surface area contributed by atoms with E-state index >= 15 is 0 Å². The molecule has 0 aliphatic rings. The van der Waals surface area contributed by atoms with E-state index in [9.17, 15) is 0 Å². The average molecular weight is 360 g/mol. The molecule has 0 fully saturated rings. The summed E-state index contributed by atoms with van der Waals surface area (Å²) < 4.78 is 11.0. The van der Waals surface area contributed by atoms with E-state index in [-0.39, 0.29) is 0 Å². The van der Waals surface area contributed by atoms with Gasteiger partial charge in [0.2, 0.25) is 5.95 Å². The second-order valence-corrected chi connectivity index (χ2v) is 4.97. The second kappa shape index (κ2) is 6.15. The molecule has 0 aliphatic carbocycles. The van der Waals surface area contributed by atoms with Gasteiger partial charge in [0.1, 0.15) is 21.9 Å². The van der Waals surface area contributed by atoms with Gasteiger partial charge in [-0.2, -0.15) is 4.98 Å². The summed E-state index contributed by atoms with van der Waals surface area (Å²) in [5.41, 5.74) is 6.28. The van der Waals surface area contributed by atoms with Crippen LogP contribution in [-0.2, 0) is 0 Å². The van der Waals surface area contributed by atoms with E-state index in [4.69, 9.17) is 26.8 Å². The Kier molecular flexibility index (Phi) is 4.51. The number of hydrogen-bond acceptors (Lipinski definition) is 6. The minimum absolute atomic E-state index is 0.333. The van der Waals surface area contributed by atoms with Gasteiger partial charge in [0.25, 0.3) is 0 Å². The maximum absolute atomic E-state index is 6.04. The van der Waals surface area contributed by atoms with Crippen molar-refractivity contribution in [2.75, 3.05) is 25.3 Å². The maximum Gasteiger partial charge on any atom is 0.230 e. The molecule has 20 heavy (non-hydrogen) atoms. The zero-order valence-electron chi connectivity index (χ0n) is 10.8. The van der Waals surface area contributed by atoms with Crippen LogP contribution in [0.25, 0.3) is 0 Å². The van der Waals surface area contributed by atoms with Gasteiger partial charge in [-0.25, -0.2) is 4.98 Å². The van der Waals surface area contributed by atoms with E-state index in [1.807, 2.05) is 0 Å². The maximum atomic E-state index is 6.04. The summed E-state index contributed by atoms with van der Waals surface area (Å²) in [6.07, 6.45) is 0. The first kappa shape index (κ1) is 14.7. The smallest absolute Gasteiger partial charge is 0.230 e. The highest BCUT2D eigenvalue weighted by molar-refractivity contribution is 9.10. The number of nitrogens with one attached hydrogen (secondary N) is 1. The molecule has 1 aromatic carbocycles. The highest BCUT2D eigenvalue weighted by Gasteiger charge is 2.11. The van der Waals surface area contributed by atoms with Crippen molar-refractivity contribution in [1.29, 1.82) is 0 Å². The number of methoxy groups -OCH3 is 2. The summed E-state index contributed by atoms with van der Waals surface area (Å²) >= 11 is 9.30. The Hall–Kier alpha value is -1.73. The Morgan fingerprint density at radius 2 is 1.85 bits per heavy atom. The van der Waals surface area contributed by atoms with Crippen molar-refractivity contribution in [3.8, 4) is 11.5 Å². The lowest BCUT2D eigenvalue weighted by molar-refractivity contribution is 0.405. The standard InChI is InChI=1S/C12H12BrClN4O2/c1-19-8-4-7(9(20-2)3-6(8)14)16-12-17-10(13)5-11(15)18-12/h3-5H,1-2H3,(H3,15,16,17,18). The number of hydrogen-bond donors (Lipinski definition) is 2. The Labute approximate surface area is 129 Å². The number of ether oxygens (including phenoxy) is 2. The topological polar surface area (TPSA) is 82.3 Å². The van der Waals surface area contributed by atoms with Crippen LogP contribution in [0, 0.1) is 0 Å². The van der Waals surface area contributed by atoms with Crippen molar-refractivity contribution in [3.63, 3.8) is 0 Å². The van der Waals surface area contributed by atoms with Crippen LogP contribution in [0.3, 0.4) is 0 Å². The molecule has 1 heterocycles. The van der Waals surface area contributed by atoms with Gasteiger partial charge in [-0.1, -0.05) is 11.6 Å². The fourth-order valence-electron chi connectivity index (χ4n) is 1.57. The van der Waals surface area contributed by atoms with E-state index in [1.165, 1.54) is 7.11 Å². The molecule has 3 N–H and O–H groups in total. The number of nitrogen functional groups attached to an aromatic ring is 1. The van der Waals surface area contributed by atoms with Gasteiger partial charge < -0.3 is 20.5 Å². The van der Waals surface area contributed by atoms with E-state index in [0.717, 1.165) is 0 Å². The van der Waals surface area contributed by atoms with Gasteiger partial charge in [0, 0.05) is 18.2 Å². The monoisotopic (exact) mass is 358 g/mol. The van der Waals surface area contributed by atoms with Gasteiger partial charge in [0.15, 0.2) is 0 Å². The van der Waals surface area contributed by atoms with Crippen LogP contribution in [0.4, 0.5) is 17.5 Å². The van der Waals surface area contributed by atoms with Crippen LogP contribution in [0.15, 0.2) is 22.8 Å². The molecule has 0 aliphatic heterocycles. The SMILES string of the molecule is COc1cc(Nc2nc(N)cc(Br)n2)c(OC)cc1Cl. The Morgan fingerprint density at radius 3 is 2.45 bits per heavy atom. The van der Waals surface area contributed by atoms with Crippen molar-refractivity contribution in [3.05, 3.63) is 27.8 Å². The van der Waals surface area contributed by atoms with Crippen LogP contribution < -0.4 is 20.5 Å². The summed E-state index contributed by atoms with van der Waals surface area (Å²) in [7, 11) is 3.07. The van der Waals surface area contributed by atoms with Crippen LogP contribution in [0.1, 0.15) is 0 Å². The third-order valence-electron chi connectivity index (χ3n) is 2.44. The van der Waals surface area contributed by atoms with Crippen molar-refractivity contribution < 1.29 is 9.47 Å². The van der Waals surface area contributed by atoms with Crippen LogP contribution in [-0.4, -0.2) is 24.2 Å². The molecule has 0 atom stereocenters. The highest BCUT2D eigenvalue weighted by atomic mass is 79.9. The number of halogens is 2. The van der Waals surface area contributed by atoms with Crippen molar-refractivity contribution in [2.45, 2.75) is 0 Å². The first-order valence-electron chi connectivity index (χ1n) is 5.52. The lowest BCUT2D eigenvalue weighted by Gasteiger charge is -2.13. The van der Waals surface area contributed by atoms with Crippen LogP contribution in [0.5, 0.6) is 11.5 Å². The minimum atomic E-state index is 0.333. The number of nitrogens with zero attached hydrogens (tertiary/aromatic N) is 2. The Balaban J connectivity index is 2.41. The van der Waals surface area contributed by atoms with Gasteiger partial charge in [-0.3, -0.25) is 0 Å². The molecule has 2 rings (SSSR count). The summed E-state index contributed by atoms with van der Waals surface area (Å²) in [6, 6.07) is 4.94. The molecule has 0 amide bonds. The second-order valence-electron chi connectivity index (χ2n) is 3.75. The summed E-state index contributed by atoms with van der Waals surface area (Å²) in [4.78, 5) is 8.25. The minimum Gasteiger partial charge on any atom is -0.495 e. The number of benzene rings is 1. The first-order valence-corrected chi connectivity index (χ1v) is 6.69. The first-order chi connectivity index (χ1) is 9.53. The molecule has 0 spiro atoms. The Bertz CT molecular complexity index is 619. The molecule has 0 saturated carbocycles. The number of nitrogens with two attached hydrogens (primary N) is 1. The largest absolute Gasteiger partial charge is 0.495 e. The molecule has 2 aromatic rings. The number of rotatable bonds is 4. The lowest BCUT2D eigenvalue weighted by Crippen LogP contribution is -2.02. The molecule has 6 nitrogen and oxygen atoms in total. The van der Waals surface area contributed by atoms with Gasteiger partial charge in [-0.15, -0.1) is 0 Å². The number of anilines is 3. The Morgan fingerprint density at radius 1 is 1.15 bits per heavy atom. The normalized spacial score (nSPS) is 10.2. The van der Waals surface area contributed by atoms with E-state index in [0.29, 0.717) is 38.6 Å². The van der Waals surface area contributed by atoms with Crippen molar-refractivity contribution in [2.24, 2.45) is 0 Å². The molecule has 0 radical (unpaired) electrons. The summed E-state index contributed by atoms with van der Waals surface area (Å²) in [6.45, 7) is 0. The van der Waals surface area contributed by atoms with Crippen LogP contribution >= 0.6 is 27.5 Å². The number of aromatic nitrogens is 2. The van der Waals surface area contributed by atoms with E-state index in [2.05, 4.69) is 31.2 Å². The summed E-state index contributed by atoms with van der Waals surface area (Å²) in [5.74, 6) is 1.73. The van der Waals surface area contributed by atoms with Gasteiger partial charge in [-0.05, 0) is 15.9 Å². The average Bonchev–Trinajstić information content (AvgIpc) is 2.39. The van der Waals surface area contributed by atoms with E-state index in [1.54, 1.807) is 25.3 Å². The third-order valence-corrected chi connectivity index (χ3v) is 3.14. The lowest BCUT2D eigenvalue weighted by atomic mass is 10.2. The highest BCUT2D eigenvalue weighted by Crippen LogP contribution is 2.37. The van der Waals surface area contributed by atoms with Gasteiger partial charge in [0.05, 0.1) is 24.9 Å². The van der Waals surface area contributed by atoms with Gasteiger partial charge >= 0.3 is 0 Å². The predicted octanol–water partition coefficient (Wildman–Crippen LogP) is 3.24. The van der Waals surface area contributed by atoms with E-state index < -0.39 is 0 Å². The zero-order chi connectivity index (χ0) is 14.7. The predicted molar refractivity (Wildman–Crippen MR) is 82.0 cm³/mol.